The average Bonchev–Trinajstić information content (AvgIpc) is 3.31. The van der Waals surface area contributed by atoms with Gasteiger partial charge in [0.15, 0.2) is 11.5 Å². The number of amides is 1. The number of benzene rings is 2. The first-order valence-corrected chi connectivity index (χ1v) is 10.4. The van der Waals surface area contributed by atoms with Crippen LogP contribution in [0.5, 0.6) is 11.5 Å². The summed E-state index contributed by atoms with van der Waals surface area (Å²) in [6.07, 6.45) is 5.18. The fraction of sp³-hybridized carbons (Fsp3) is 0.292. The molecule has 0 spiro atoms. The minimum Gasteiger partial charge on any atom is -0.493 e. The number of ether oxygens (including phenoxy) is 2. The number of rotatable bonds is 6. The number of nitrogens with zero attached hydrogens (tertiary/aromatic N) is 2. The van der Waals surface area contributed by atoms with E-state index in [0.717, 1.165) is 23.3 Å². The number of fused-ring (bicyclic) bond motifs is 1. The van der Waals surface area contributed by atoms with Gasteiger partial charge in [0.1, 0.15) is 0 Å². The van der Waals surface area contributed by atoms with E-state index >= 15 is 0 Å². The van der Waals surface area contributed by atoms with Crippen molar-refractivity contribution in [1.29, 1.82) is 0 Å². The first-order valence-electron chi connectivity index (χ1n) is 9.98. The van der Waals surface area contributed by atoms with Crippen LogP contribution in [0.4, 0.5) is 0 Å². The standard InChI is InChI=1S/C24H25ClN2O3/c1-29-22-13-18-9-12-27(16-19(18)14-23(22)30-2)24(28)15-21(26-10-3-4-11-26)17-5-7-20(25)8-6-17/h3-8,10-11,13-14,21H,9,12,15-16H2,1-2H3/t21-/m0/s1. The van der Waals surface area contributed by atoms with Crippen molar-refractivity contribution in [2.75, 3.05) is 20.8 Å². The fourth-order valence-electron chi connectivity index (χ4n) is 4.03. The molecule has 156 valence electrons. The van der Waals surface area contributed by atoms with Gasteiger partial charge in [-0.2, -0.15) is 0 Å². The topological polar surface area (TPSA) is 43.7 Å². The minimum absolute atomic E-state index is 0.0726. The number of hydrogen-bond donors (Lipinski definition) is 0. The van der Waals surface area contributed by atoms with Crippen LogP contribution in [0.15, 0.2) is 60.9 Å². The van der Waals surface area contributed by atoms with Crippen LogP contribution in [-0.2, 0) is 17.8 Å². The molecule has 5 nitrogen and oxygen atoms in total. The summed E-state index contributed by atoms with van der Waals surface area (Å²) in [6.45, 7) is 1.27. The highest BCUT2D eigenvalue weighted by atomic mass is 35.5. The Morgan fingerprint density at radius 3 is 2.30 bits per heavy atom. The van der Waals surface area contributed by atoms with Gasteiger partial charge < -0.3 is 18.9 Å². The third kappa shape index (κ3) is 4.17. The number of hydrogen-bond acceptors (Lipinski definition) is 3. The first-order chi connectivity index (χ1) is 14.6. The molecule has 0 saturated carbocycles. The van der Waals surface area contributed by atoms with E-state index in [2.05, 4.69) is 4.57 Å². The molecule has 1 aliphatic heterocycles. The monoisotopic (exact) mass is 424 g/mol. The molecule has 4 rings (SSSR count). The fourth-order valence-corrected chi connectivity index (χ4v) is 4.15. The molecule has 1 amide bonds. The summed E-state index contributed by atoms with van der Waals surface area (Å²) in [5.74, 6) is 1.55. The summed E-state index contributed by atoms with van der Waals surface area (Å²) >= 11 is 6.06. The Bertz CT molecular complexity index is 1020. The van der Waals surface area contributed by atoms with Crippen molar-refractivity contribution in [1.82, 2.24) is 9.47 Å². The van der Waals surface area contributed by atoms with Crippen molar-refractivity contribution in [2.45, 2.75) is 25.4 Å². The maximum absolute atomic E-state index is 13.3. The number of carbonyl (C=O) groups is 1. The Labute approximate surface area is 181 Å². The molecule has 1 atom stereocenters. The van der Waals surface area contributed by atoms with E-state index in [1.165, 1.54) is 5.56 Å². The highest BCUT2D eigenvalue weighted by Crippen LogP contribution is 2.34. The van der Waals surface area contributed by atoms with Crippen LogP contribution in [-0.4, -0.2) is 36.1 Å². The van der Waals surface area contributed by atoms with E-state index in [1.54, 1.807) is 14.2 Å². The van der Waals surface area contributed by atoms with Crippen molar-refractivity contribution in [2.24, 2.45) is 0 Å². The SMILES string of the molecule is COc1cc2c(cc1OC)CN(C(=O)C[C@@H](c1ccc(Cl)cc1)n1cccc1)CC2. The lowest BCUT2D eigenvalue weighted by Crippen LogP contribution is -2.37. The average molecular weight is 425 g/mol. The molecule has 6 heteroatoms. The Kier molecular flexibility index (Phi) is 6.00. The molecule has 30 heavy (non-hydrogen) atoms. The van der Waals surface area contributed by atoms with E-state index < -0.39 is 0 Å². The molecule has 2 aromatic carbocycles. The van der Waals surface area contributed by atoms with Crippen LogP contribution in [0, 0.1) is 0 Å². The van der Waals surface area contributed by atoms with Crippen LogP contribution in [0.2, 0.25) is 5.02 Å². The quantitative estimate of drug-likeness (QED) is 0.575. The third-order valence-corrected chi connectivity index (χ3v) is 5.93. The van der Waals surface area contributed by atoms with Crippen LogP contribution in [0.25, 0.3) is 0 Å². The summed E-state index contributed by atoms with van der Waals surface area (Å²) in [6, 6.07) is 15.6. The summed E-state index contributed by atoms with van der Waals surface area (Å²) in [4.78, 5) is 15.2. The lowest BCUT2D eigenvalue weighted by molar-refractivity contribution is -0.132. The van der Waals surface area contributed by atoms with Gasteiger partial charge in [0.25, 0.3) is 0 Å². The van der Waals surface area contributed by atoms with Crippen molar-refractivity contribution < 1.29 is 14.3 Å². The molecule has 0 N–H and O–H groups in total. The number of aromatic nitrogens is 1. The van der Waals surface area contributed by atoms with E-state index in [0.29, 0.717) is 30.3 Å². The van der Waals surface area contributed by atoms with E-state index in [9.17, 15) is 4.79 Å². The molecule has 1 aliphatic rings. The highest BCUT2D eigenvalue weighted by molar-refractivity contribution is 6.30. The second-order valence-electron chi connectivity index (χ2n) is 7.44. The molecule has 0 fully saturated rings. The Morgan fingerprint density at radius 1 is 1.03 bits per heavy atom. The van der Waals surface area contributed by atoms with Gasteiger partial charge in [-0.15, -0.1) is 0 Å². The molecule has 3 aromatic rings. The summed E-state index contributed by atoms with van der Waals surface area (Å²) < 4.78 is 12.9. The number of methoxy groups -OCH3 is 2. The molecule has 0 aliphatic carbocycles. The van der Waals surface area contributed by atoms with Gasteiger partial charge in [-0.05, 0) is 59.5 Å². The zero-order valence-electron chi connectivity index (χ0n) is 17.2. The predicted molar refractivity (Wildman–Crippen MR) is 117 cm³/mol. The van der Waals surface area contributed by atoms with Gasteiger partial charge in [0.05, 0.1) is 26.7 Å². The zero-order valence-corrected chi connectivity index (χ0v) is 17.9. The molecule has 0 saturated heterocycles. The van der Waals surface area contributed by atoms with Crippen molar-refractivity contribution >= 4 is 17.5 Å². The van der Waals surface area contributed by atoms with Gasteiger partial charge in [-0.25, -0.2) is 0 Å². The first kappa shape index (κ1) is 20.4. The summed E-state index contributed by atoms with van der Waals surface area (Å²) in [7, 11) is 3.27. The second-order valence-corrected chi connectivity index (χ2v) is 7.88. The Hall–Kier alpha value is -2.92. The molecule has 0 unspecified atom stereocenters. The van der Waals surface area contributed by atoms with Crippen molar-refractivity contribution in [3.05, 3.63) is 82.6 Å². The largest absolute Gasteiger partial charge is 0.493 e. The van der Waals surface area contributed by atoms with Gasteiger partial charge in [-0.3, -0.25) is 4.79 Å². The van der Waals surface area contributed by atoms with E-state index in [1.807, 2.05) is 65.8 Å². The van der Waals surface area contributed by atoms with Gasteiger partial charge in [0.2, 0.25) is 5.91 Å². The zero-order chi connectivity index (χ0) is 21.1. The molecule has 0 radical (unpaired) electrons. The Balaban J connectivity index is 1.54. The maximum atomic E-state index is 13.3. The smallest absolute Gasteiger partial charge is 0.225 e. The molecule has 0 bridgehead atoms. The van der Waals surface area contributed by atoms with Gasteiger partial charge in [-0.1, -0.05) is 23.7 Å². The minimum atomic E-state index is -0.0726. The molecular weight excluding hydrogens is 400 g/mol. The van der Waals surface area contributed by atoms with Crippen molar-refractivity contribution in [3.63, 3.8) is 0 Å². The van der Waals surface area contributed by atoms with Gasteiger partial charge in [0, 0.05) is 30.5 Å². The lowest BCUT2D eigenvalue weighted by atomic mass is 9.97. The molecular formula is C24H25ClN2O3. The summed E-state index contributed by atoms with van der Waals surface area (Å²) in [5.41, 5.74) is 3.38. The molecule has 1 aromatic heterocycles. The van der Waals surface area contributed by atoms with Crippen LogP contribution < -0.4 is 9.47 Å². The lowest BCUT2D eigenvalue weighted by Gasteiger charge is -2.31. The van der Waals surface area contributed by atoms with Gasteiger partial charge >= 0.3 is 0 Å². The van der Waals surface area contributed by atoms with Crippen molar-refractivity contribution in [3.8, 4) is 11.5 Å². The Morgan fingerprint density at radius 2 is 1.67 bits per heavy atom. The number of halogens is 1. The molecule has 2 heterocycles. The normalized spacial score (nSPS) is 14.2. The van der Waals surface area contributed by atoms with E-state index in [4.69, 9.17) is 21.1 Å². The summed E-state index contributed by atoms with van der Waals surface area (Å²) in [5, 5.41) is 0.688. The predicted octanol–water partition coefficient (Wildman–Crippen LogP) is 4.72. The van der Waals surface area contributed by atoms with Crippen LogP contribution in [0.3, 0.4) is 0 Å². The second kappa shape index (κ2) is 8.84. The number of carbonyl (C=O) groups excluding carboxylic acids is 1. The maximum Gasteiger partial charge on any atom is 0.225 e. The highest BCUT2D eigenvalue weighted by Gasteiger charge is 2.26. The van der Waals surface area contributed by atoms with Crippen LogP contribution in [0.1, 0.15) is 29.2 Å². The third-order valence-electron chi connectivity index (χ3n) is 5.68. The van der Waals surface area contributed by atoms with E-state index in [-0.39, 0.29) is 11.9 Å². The van der Waals surface area contributed by atoms with Crippen LogP contribution >= 0.6 is 11.6 Å².